The van der Waals surface area contributed by atoms with Gasteiger partial charge in [-0.1, -0.05) is 42.5 Å². The van der Waals surface area contributed by atoms with Crippen molar-refractivity contribution in [1.29, 1.82) is 0 Å². The Hall–Kier alpha value is -2.37. The molecule has 1 aliphatic heterocycles. The van der Waals surface area contributed by atoms with Crippen LogP contribution in [0.2, 0.25) is 0 Å². The first-order valence-electron chi connectivity index (χ1n) is 12.5. The molecule has 4 rings (SSSR count). The molecule has 178 valence electrons. The van der Waals surface area contributed by atoms with Gasteiger partial charge in [0.15, 0.2) is 0 Å². The molecular formula is C28H39N3O2. The van der Waals surface area contributed by atoms with Crippen LogP contribution in [0.15, 0.2) is 48.5 Å². The number of carbonyl (C=O) groups is 1. The third-order valence-electron chi connectivity index (χ3n) is 7.47. The van der Waals surface area contributed by atoms with Crippen LogP contribution in [0.4, 0.5) is 0 Å². The summed E-state index contributed by atoms with van der Waals surface area (Å²) in [5.74, 6) is 1.25. The molecule has 5 nitrogen and oxygen atoms in total. The van der Waals surface area contributed by atoms with Crippen LogP contribution in [0.25, 0.3) is 0 Å². The minimum absolute atomic E-state index is 0.0557. The molecule has 0 radical (unpaired) electrons. The molecule has 5 heteroatoms. The Labute approximate surface area is 198 Å². The molecule has 1 heterocycles. The third kappa shape index (κ3) is 5.10. The van der Waals surface area contributed by atoms with Crippen molar-refractivity contribution in [3.63, 3.8) is 0 Å². The average molecular weight is 450 g/mol. The van der Waals surface area contributed by atoms with Gasteiger partial charge in [-0.3, -0.25) is 10.1 Å². The second-order valence-electron chi connectivity index (χ2n) is 9.71. The molecular weight excluding hydrogens is 410 g/mol. The maximum atomic E-state index is 13.6. The minimum atomic E-state index is -0.396. The van der Waals surface area contributed by atoms with Crippen molar-refractivity contribution in [2.75, 3.05) is 13.2 Å². The van der Waals surface area contributed by atoms with E-state index in [1.165, 1.54) is 16.7 Å². The van der Waals surface area contributed by atoms with Crippen LogP contribution in [0.1, 0.15) is 69.2 Å². The predicted octanol–water partition coefficient (Wildman–Crippen LogP) is 4.75. The normalized spacial score (nSPS) is 26.1. The lowest BCUT2D eigenvalue weighted by Crippen LogP contribution is -2.52. The first kappa shape index (κ1) is 23.8. The van der Waals surface area contributed by atoms with Gasteiger partial charge in [-0.2, -0.15) is 0 Å². The zero-order valence-corrected chi connectivity index (χ0v) is 20.6. The van der Waals surface area contributed by atoms with E-state index in [9.17, 15) is 4.79 Å². The Morgan fingerprint density at radius 3 is 2.58 bits per heavy atom. The molecule has 2 fully saturated rings. The summed E-state index contributed by atoms with van der Waals surface area (Å²) in [5, 5.41) is 7.42. The summed E-state index contributed by atoms with van der Waals surface area (Å²) < 4.78 is 5.65. The van der Waals surface area contributed by atoms with Gasteiger partial charge in [0.2, 0.25) is 5.91 Å². The van der Waals surface area contributed by atoms with Gasteiger partial charge < -0.3 is 15.0 Å². The Bertz CT molecular complexity index is 937. The molecule has 1 amide bonds. The summed E-state index contributed by atoms with van der Waals surface area (Å²) in [4.78, 5) is 15.6. The van der Waals surface area contributed by atoms with Gasteiger partial charge >= 0.3 is 0 Å². The van der Waals surface area contributed by atoms with E-state index in [2.05, 4.69) is 66.6 Å². The highest BCUT2D eigenvalue weighted by Crippen LogP contribution is 2.38. The van der Waals surface area contributed by atoms with E-state index in [4.69, 9.17) is 4.74 Å². The largest absolute Gasteiger partial charge is 0.494 e. The maximum Gasteiger partial charge on any atom is 0.244 e. The molecule has 0 bridgehead atoms. The van der Waals surface area contributed by atoms with Crippen molar-refractivity contribution < 1.29 is 9.53 Å². The topological polar surface area (TPSA) is 53.6 Å². The van der Waals surface area contributed by atoms with E-state index in [0.717, 1.165) is 44.4 Å². The fourth-order valence-electron chi connectivity index (χ4n) is 5.64. The summed E-state index contributed by atoms with van der Waals surface area (Å²) in [6.07, 6.45) is 4.91. The highest BCUT2D eigenvalue weighted by molar-refractivity contribution is 5.89. The van der Waals surface area contributed by atoms with Crippen LogP contribution >= 0.6 is 0 Å². The van der Waals surface area contributed by atoms with Gasteiger partial charge in [0.05, 0.1) is 24.4 Å². The smallest absolute Gasteiger partial charge is 0.244 e. The Kier molecular flexibility index (Phi) is 7.40. The zero-order valence-electron chi connectivity index (χ0n) is 20.6. The molecule has 1 aliphatic carbocycles. The van der Waals surface area contributed by atoms with Crippen molar-refractivity contribution in [3.05, 3.63) is 65.2 Å². The number of rotatable bonds is 8. The number of benzene rings is 2. The third-order valence-corrected chi connectivity index (χ3v) is 7.47. The van der Waals surface area contributed by atoms with Gasteiger partial charge in [-0.05, 0) is 89.1 Å². The SMILES string of the molecule is CCOc1ccc(CCNC2CCC3(CC2)N[C@@H](C)N(C(C)c2ccccc2)C3=O)cc1C. The number of nitrogens with zero attached hydrogens (tertiary/aromatic N) is 1. The fourth-order valence-corrected chi connectivity index (χ4v) is 5.64. The quantitative estimate of drug-likeness (QED) is 0.611. The van der Waals surface area contributed by atoms with Crippen molar-refractivity contribution in [2.24, 2.45) is 0 Å². The van der Waals surface area contributed by atoms with Crippen LogP contribution in [-0.2, 0) is 11.2 Å². The minimum Gasteiger partial charge on any atom is -0.494 e. The van der Waals surface area contributed by atoms with Gasteiger partial charge in [-0.15, -0.1) is 0 Å². The highest BCUT2D eigenvalue weighted by Gasteiger charge is 2.52. The zero-order chi connectivity index (χ0) is 23.4. The molecule has 2 atom stereocenters. The standard InChI is InChI=1S/C28H39N3O2/c1-5-33-26-12-11-23(19-20(26)2)15-18-29-25-13-16-28(17-14-25)27(32)31(22(4)30-28)21(3)24-9-7-6-8-10-24/h6-12,19,21-22,25,29-30H,5,13-18H2,1-4H3/t21?,22-,25?,28?/m1/s1. The van der Waals surface area contributed by atoms with Crippen LogP contribution in [-0.4, -0.2) is 41.7 Å². The van der Waals surface area contributed by atoms with Gasteiger partial charge in [0.1, 0.15) is 5.75 Å². The molecule has 1 saturated heterocycles. The predicted molar refractivity (Wildman–Crippen MR) is 133 cm³/mol. The fraction of sp³-hybridized carbons (Fsp3) is 0.536. The van der Waals surface area contributed by atoms with E-state index in [-0.39, 0.29) is 18.1 Å². The van der Waals surface area contributed by atoms with E-state index in [0.29, 0.717) is 12.6 Å². The summed E-state index contributed by atoms with van der Waals surface area (Å²) in [6.45, 7) is 10.0. The number of nitrogens with one attached hydrogen (secondary N) is 2. The lowest BCUT2D eigenvalue weighted by Gasteiger charge is -2.36. The second kappa shape index (κ2) is 10.3. The van der Waals surface area contributed by atoms with Crippen molar-refractivity contribution >= 4 is 5.91 Å². The molecule has 1 saturated carbocycles. The summed E-state index contributed by atoms with van der Waals surface area (Å²) in [5.41, 5.74) is 3.33. The molecule has 0 aromatic heterocycles. The first-order valence-corrected chi connectivity index (χ1v) is 12.5. The number of aryl methyl sites for hydroxylation is 1. The molecule has 2 aromatic carbocycles. The molecule has 1 unspecified atom stereocenters. The molecule has 33 heavy (non-hydrogen) atoms. The number of hydrogen-bond acceptors (Lipinski definition) is 4. The summed E-state index contributed by atoms with van der Waals surface area (Å²) in [7, 11) is 0. The van der Waals surface area contributed by atoms with Gasteiger partial charge in [-0.25, -0.2) is 0 Å². The van der Waals surface area contributed by atoms with Gasteiger partial charge in [0, 0.05) is 6.04 Å². The number of ether oxygens (including phenoxy) is 1. The van der Waals surface area contributed by atoms with Gasteiger partial charge in [0.25, 0.3) is 0 Å². The van der Waals surface area contributed by atoms with Crippen molar-refractivity contribution in [3.8, 4) is 5.75 Å². The lowest BCUT2D eigenvalue weighted by atomic mass is 9.79. The van der Waals surface area contributed by atoms with Crippen LogP contribution in [0, 0.1) is 6.92 Å². The van der Waals surface area contributed by atoms with E-state index in [1.54, 1.807) is 0 Å². The van der Waals surface area contributed by atoms with E-state index in [1.807, 2.05) is 25.1 Å². The molecule has 2 N–H and O–H groups in total. The number of amides is 1. The van der Waals surface area contributed by atoms with Crippen LogP contribution in [0.5, 0.6) is 5.75 Å². The molecule has 2 aromatic rings. The first-order chi connectivity index (χ1) is 15.9. The Balaban J connectivity index is 1.28. The van der Waals surface area contributed by atoms with Crippen molar-refractivity contribution in [1.82, 2.24) is 15.5 Å². The van der Waals surface area contributed by atoms with Crippen molar-refractivity contribution in [2.45, 2.75) is 83.6 Å². The second-order valence-corrected chi connectivity index (χ2v) is 9.71. The average Bonchev–Trinajstić information content (AvgIpc) is 3.06. The summed E-state index contributed by atoms with van der Waals surface area (Å²) >= 11 is 0. The molecule has 2 aliphatic rings. The number of carbonyl (C=O) groups excluding carboxylic acids is 1. The van der Waals surface area contributed by atoms with E-state index < -0.39 is 5.54 Å². The lowest BCUT2D eigenvalue weighted by molar-refractivity contribution is -0.136. The monoisotopic (exact) mass is 449 g/mol. The maximum absolute atomic E-state index is 13.6. The Morgan fingerprint density at radius 1 is 1.18 bits per heavy atom. The summed E-state index contributed by atoms with van der Waals surface area (Å²) in [6, 6.07) is 17.4. The Morgan fingerprint density at radius 2 is 1.91 bits per heavy atom. The van der Waals surface area contributed by atoms with Crippen LogP contribution < -0.4 is 15.4 Å². The van der Waals surface area contributed by atoms with E-state index >= 15 is 0 Å². The highest BCUT2D eigenvalue weighted by atomic mass is 16.5. The van der Waals surface area contributed by atoms with Crippen LogP contribution in [0.3, 0.4) is 0 Å². The number of hydrogen-bond donors (Lipinski definition) is 2. The molecule has 1 spiro atoms.